The van der Waals surface area contributed by atoms with Crippen molar-refractivity contribution >= 4 is 11.6 Å². The molecule has 27 heavy (non-hydrogen) atoms. The molecule has 1 N–H and O–H groups in total. The van der Waals surface area contributed by atoms with Crippen LogP contribution in [-0.4, -0.2) is 40.5 Å². The summed E-state index contributed by atoms with van der Waals surface area (Å²) in [6, 6.07) is -0.0235. The number of nitrogens with zero attached hydrogens (tertiary/aromatic N) is 1. The van der Waals surface area contributed by atoms with Crippen molar-refractivity contribution in [1.82, 2.24) is 4.98 Å². The Labute approximate surface area is 141 Å². The number of nitrogens with one attached hydrogen (secondary N) is 1. The molecular weight excluding hydrogens is 416 g/mol. The van der Waals surface area contributed by atoms with Crippen molar-refractivity contribution in [2.75, 3.05) is 5.32 Å². The first-order valence-corrected chi connectivity index (χ1v) is 6.32. The molecule has 0 saturated carbocycles. The van der Waals surface area contributed by atoms with E-state index in [2.05, 4.69) is 4.98 Å². The maximum atomic E-state index is 13.5. The van der Waals surface area contributed by atoms with E-state index in [9.17, 15) is 57.5 Å². The van der Waals surface area contributed by atoms with Crippen molar-refractivity contribution in [2.24, 2.45) is 0 Å². The number of anilines is 1. The fourth-order valence-electron chi connectivity index (χ4n) is 1.56. The minimum absolute atomic E-state index is 0.0118. The van der Waals surface area contributed by atoms with Gasteiger partial charge >= 0.3 is 35.5 Å². The van der Waals surface area contributed by atoms with Crippen LogP contribution in [0.25, 0.3) is 0 Å². The number of hydrogen-bond donors (Lipinski definition) is 1. The van der Waals surface area contributed by atoms with Crippen LogP contribution in [0.3, 0.4) is 0 Å². The molecule has 0 bridgehead atoms. The van der Waals surface area contributed by atoms with Crippen LogP contribution >= 0.6 is 0 Å². The Morgan fingerprint density at radius 1 is 0.815 bits per heavy atom. The molecule has 0 aliphatic heterocycles. The summed E-state index contributed by atoms with van der Waals surface area (Å²) in [5, 5.41) is 0.678. The second-order valence-corrected chi connectivity index (χ2v) is 5.14. The van der Waals surface area contributed by atoms with Crippen molar-refractivity contribution < 1.29 is 57.5 Å². The van der Waals surface area contributed by atoms with E-state index in [-0.39, 0.29) is 12.1 Å². The number of halogens is 12. The van der Waals surface area contributed by atoms with Crippen molar-refractivity contribution in [2.45, 2.75) is 36.5 Å². The lowest BCUT2D eigenvalue weighted by atomic mass is 9.94. The van der Waals surface area contributed by atoms with Gasteiger partial charge in [0.2, 0.25) is 11.9 Å². The molecule has 0 aliphatic rings. The number of carbonyl (C=O) groups excluding carboxylic acids is 1. The maximum Gasteiger partial charge on any atom is 0.393 e. The Morgan fingerprint density at radius 2 is 1.22 bits per heavy atom. The molecule has 0 saturated heterocycles. The molecular formula is C12H6F12N2O. The SMILES string of the molecule is CC(F)(F)C(F)(F)C(F)(F)C(F)(F)C(F)(F)C(=O)Nc1cc(F)nc(F)c1. The predicted octanol–water partition coefficient (Wildman–Crippen LogP) is 4.49. The van der Waals surface area contributed by atoms with Gasteiger partial charge in [-0.25, -0.2) is 0 Å². The Morgan fingerprint density at radius 3 is 1.59 bits per heavy atom. The third-order valence-electron chi connectivity index (χ3n) is 3.04. The zero-order chi connectivity index (χ0) is 21.6. The highest BCUT2D eigenvalue weighted by Gasteiger charge is 2.86. The van der Waals surface area contributed by atoms with Crippen molar-refractivity contribution in [3.05, 3.63) is 24.0 Å². The first kappa shape index (κ1) is 22.8. The second kappa shape index (κ2) is 6.44. The van der Waals surface area contributed by atoms with Crippen LogP contribution < -0.4 is 5.32 Å². The van der Waals surface area contributed by atoms with Gasteiger partial charge in [-0.05, 0) is 0 Å². The highest BCUT2D eigenvalue weighted by molar-refractivity contribution is 5.97. The molecule has 1 heterocycles. The van der Waals surface area contributed by atoms with Crippen molar-refractivity contribution in [1.29, 1.82) is 0 Å². The lowest BCUT2D eigenvalue weighted by molar-refractivity contribution is -0.391. The number of hydrogen-bond acceptors (Lipinski definition) is 2. The number of carbonyl (C=O) groups is 1. The molecule has 1 aromatic rings. The largest absolute Gasteiger partial charge is 0.393 e. The normalized spacial score (nSPS) is 14.3. The van der Waals surface area contributed by atoms with Gasteiger partial charge in [-0.15, -0.1) is 0 Å². The number of alkyl halides is 10. The smallest absolute Gasteiger partial charge is 0.320 e. The van der Waals surface area contributed by atoms with Gasteiger partial charge < -0.3 is 5.32 Å². The van der Waals surface area contributed by atoms with E-state index in [1.807, 2.05) is 0 Å². The van der Waals surface area contributed by atoms with E-state index in [0.717, 1.165) is 0 Å². The minimum atomic E-state index is -7.41. The van der Waals surface area contributed by atoms with Crippen LogP contribution in [0.2, 0.25) is 0 Å². The van der Waals surface area contributed by atoms with E-state index in [0.29, 0.717) is 5.32 Å². The molecule has 0 fully saturated rings. The number of amides is 1. The predicted molar refractivity (Wildman–Crippen MR) is 63.2 cm³/mol. The molecule has 0 unspecified atom stereocenters. The Hall–Kier alpha value is -2.22. The average Bonchev–Trinajstić information content (AvgIpc) is 2.44. The van der Waals surface area contributed by atoms with Gasteiger partial charge in [0.1, 0.15) is 0 Å². The summed E-state index contributed by atoms with van der Waals surface area (Å²) in [6.07, 6.45) is 0. The summed E-state index contributed by atoms with van der Waals surface area (Å²) in [4.78, 5) is 13.6. The van der Waals surface area contributed by atoms with Gasteiger partial charge in [-0.3, -0.25) is 4.79 Å². The summed E-state index contributed by atoms with van der Waals surface area (Å²) >= 11 is 0. The Balaban J connectivity index is 3.31. The molecule has 0 spiro atoms. The fourth-order valence-corrected chi connectivity index (χ4v) is 1.56. The average molecular weight is 422 g/mol. The van der Waals surface area contributed by atoms with E-state index >= 15 is 0 Å². The monoisotopic (exact) mass is 422 g/mol. The quantitative estimate of drug-likeness (QED) is 0.542. The molecule has 1 aromatic heterocycles. The summed E-state index contributed by atoms with van der Waals surface area (Å²) in [6.45, 7) is -0.933. The van der Waals surface area contributed by atoms with Gasteiger partial charge in [-0.1, -0.05) is 0 Å². The van der Waals surface area contributed by atoms with Crippen molar-refractivity contribution in [3.63, 3.8) is 0 Å². The van der Waals surface area contributed by atoms with Crippen LogP contribution in [0.15, 0.2) is 12.1 Å². The van der Waals surface area contributed by atoms with Crippen LogP contribution in [0.5, 0.6) is 0 Å². The molecule has 15 heteroatoms. The number of pyridine rings is 1. The summed E-state index contributed by atoms with van der Waals surface area (Å²) in [5.74, 6) is -41.3. The zero-order valence-electron chi connectivity index (χ0n) is 12.5. The molecule has 1 amide bonds. The number of aromatic nitrogens is 1. The minimum Gasteiger partial charge on any atom is -0.320 e. The lowest BCUT2D eigenvalue weighted by Crippen LogP contribution is -2.68. The fraction of sp³-hybridized carbons (Fsp3) is 0.500. The Bertz CT molecular complexity index is 707. The second-order valence-electron chi connectivity index (χ2n) is 5.14. The van der Waals surface area contributed by atoms with E-state index in [4.69, 9.17) is 0 Å². The van der Waals surface area contributed by atoms with E-state index < -0.39 is 60.0 Å². The number of rotatable bonds is 6. The molecule has 0 radical (unpaired) electrons. The van der Waals surface area contributed by atoms with Gasteiger partial charge in [0.05, 0.1) is 0 Å². The molecule has 0 atom stereocenters. The first-order chi connectivity index (χ1) is 11.8. The van der Waals surface area contributed by atoms with Crippen LogP contribution in [0, 0.1) is 11.9 Å². The molecule has 1 rings (SSSR count). The summed E-state index contributed by atoms with van der Waals surface area (Å²) < 4.78 is 157. The maximum absolute atomic E-state index is 13.5. The molecule has 0 aromatic carbocycles. The Kier molecular flexibility index (Phi) is 5.44. The van der Waals surface area contributed by atoms with E-state index in [1.54, 1.807) is 0 Å². The van der Waals surface area contributed by atoms with Gasteiger partial charge in [0.25, 0.3) is 0 Å². The topological polar surface area (TPSA) is 42.0 Å². The van der Waals surface area contributed by atoms with E-state index in [1.165, 1.54) is 0 Å². The third kappa shape index (κ3) is 3.63. The lowest BCUT2D eigenvalue weighted by Gasteiger charge is -2.37. The highest BCUT2D eigenvalue weighted by atomic mass is 19.4. The summed E-state index contributed by atoms with van der Waals surface area (Å²) in [5.41, 5.74) is -1.32. The standard InChI is InChI=1S/C12H6F12N2O/c1-8(15,16)10(19,20)12(23,24)11(21,22)9(17,18)7(27)25-4-2-5(13)26-6(14)3-4/h2-3H,1H3,(H,25,26,27). The highest BCUT2D eigenvalue weighted by Crippen LogP contribution is 2.56. The van der Waals surface area contributed by atoms with Gasteiger partial charge in [0, 0.05) is 24.7 Å². The molecule has 154 valence electrons. The molecule has 0 aliphatic carbocycles. The molecule has 3 nitrogen and oxygen atoms in total. The summed E-state index contributed by atoms with van der Waals surface area (Å²) in [7, 11) is 0. The third-order valence-corrected chi connectivity index (χ3v) is 3.04. The van der Waals surface area contributed by atoms with Crippen LogP contribution in [0.4, 0.5) is 58.4 Å². The van der Waals surface area contributed by atoms with Gasteiger partial charge in [-0.2, -0.15) is 57.7 Å². The zero-order valence-corrected chi connectivity index (χ0v) is 12.5. The van der Waals surface area contributed by atoms with Gasteiger partial charge in [0.15, 0.2) is 0 Å². The van der Waals surface area contributed by atoms with Crippen LogP contribution in [0.1, 0.15) is 6.92 Å². The van der Waals surface area contributed by atoms with Crippen molar-refractivity contribution in [3.8, 4) is 0 Å². The first-order valence-electron chi connectivity index (χ1n) is 6.32. The van der Waals surface area contributed by atoms with Crippen LogP contribution in [-0.2, 0) is 4.79 Å².